The number of hydrogen-bond donors (Lipinski definition) is 0. The number of hydrogen-bond acceptors (Lipinski definition) is 2. The van der Waals surface area contributed by atoms with Crippen molar-refractivity contribution in [3.05, 3.63) is 29.3 Å². The summed E-state index contributed by atoms with van der Waals surface area (Å²) in [6.07, 6.45) is 0. The first kappa shape index (κ1) is 13.0. The second kappa shape index (κ2) is 4.88. The van der Waals surface area contributed by atoms with E-state index in [0.29, 0.717) is 5.75 Å². The van der Waals surface area contributed by atoms with Crippen LogP contribution in [0.4, 0.5) is 0 Å². The van der Waals surface area contributed by atoms with Crippen LogP contribution in [-0.2, 0) is 10.2 Å². The first-order valence-corrected chi connectivity index (χ1v) is 5.76. The second-order valence-electron chi connectivity index (χ2n) is 4.83. The maximum Gasteiger partial charge on any atom is 0.326 e. The Morgan fingerprint density at radius 2 is 2.00 bits per heavy atom. The molecule has 2 nitrogen and oxygen atoms in total. The summed E-state index contributed by atoms with van der Waals surface area (Å²) in [5, 5.41) is 0. The van der Waals surface area contributed by atoms with Crippen LogP contribution in [-0.4, -0.2) is 11.8 Å². The lowest BCUT2D eigenvalue weighted by atomic mass is 9.84. The molecule has 0 unspecified atom stereocenters. The van der Waals surface area contributed by atoms with E-state index in [1.807, 2.05) is 19.1 Å². The molecule has 1 rings (SSSR count). The van der Waals surface area contributed by atoms with Crippen molar-refractivity contribution in [1.29, 1.82) is 0 Å². The van der Waals surface area contributed by atoms with Gasteiger partial charge in [-0.05, 0) is 35.6 Å². The summed E-state index contributed by atoms with van der Waals surface area (Å²) in [4.78, 5) is 11.0. The Morgan fingerprint density at radius 1 is 1.38 bits per heavy atom. The molecule has 1 aromatic carbocycles. The Bertz CT molecular complexity index is 391. The number of carbonyl (C=O) groups is 1. The molecule has 0 spiro atoms. The van der Waals surface area contributed by atoms with Crippen molar-refractivity contribution >= 4 is 17.6 Å². The van der Waals surface area contributed by atoms with Crippen LogP contribution in [0.15, 0.2) is 18.2 Å². The highest BCUT2D eigenvalue weighted by Gasteiger charge is 2.16. The minimum absolute atomic E-state index is 0.0963. The summed E-state index contributed by atoms with van der Waals surface area (Å²) in [6, 6.07) is 5.66. The average Bonchev–Trinajstić information content (AvgIpc) is 2.15. The van der Waals surface area contributed by atoms with E-state index in [4.69, 9.17) is 16.3 Å². The number of esters is 1. The fraction of sp³-hybridized carbons (Fsp3) is 0.462. The third-order valence-corrected chi connectivity index (χ3v) is 2.56. The molecule has 0 aromatic heterocycles. The summed E-state index contributed by atoms with van der Waals surface area (Å²) in [5.41, 5.74) is 2.46. The minimum Gasteiger partial charge on any atom is -0.426 e. The van der Waals surface area contributed by atoms with Gasteiger partial charge in [0.15, 0.2) is 0 Å². The van der Waals surface area contributed by atoms with Crippen molar-refractivity contribution in [2.24, 2.45) is 0 Å². The van der Waals surface area contributed by atoms with Gasteiger partial charge in [0.1, 0.15) is 11.6 Å². The van der Waals surface area contributed by atoms with Crippen LogP contribution in [0, 0.1) is 6.92 Å². The van der Waals surface area contributed by atoms with Gasteiger partial charge >= 0.3 is 5.97 Å². The Labute approximate surface area is 102 Å². The van der Waals surface area contributed by atoms with Gasteiger partial charge < -0.3 is 4.74 Å². The van der Waals surface area contributed by atoms with Crippen molar-refractivity contribution in [2.45, 2.75) is 33.1 Å². The van der Waals surface area contributed by atoms with Crippen LogP contribution < -0.4 is 4.74 Å². The van der Waals surface area contributed by atoms with E-state index >= 15 is 0 Å². The molecule has 0 aliphatic heterocycles. The summed E-state index contributed by atoms with van der Waals surface area (Å²) in [7, 11) is 0. The van der Waals surface area contributed by atoms with Gasteiger partial charge in [0.2, 0.25) is 0 Å². The molecule has 0 saturated carbocycles. The van der Waals surface area contributed by atoms with Crippen molar-refractivity contribution in [3.63, 3.8) is 0 Å². The molecule has 1 aromatic rings. The SMILES string of the molecule is Cc1cc(OC(=O)CCl)ccc1C(C)(C)C. The van der Waals surface area contributed by atoms with E-state index in [2.05, 4.69) is 20.8 Å². The van der Waals surface area contributed by atoms with Gasteiger partial charge in [0, 0.05) is 0 Å². The lowest BCUT2D eigenvalue weighted by molar-refractivity contribution is -0.131. The summed E-state index contributed by atoms with van der Waals surface area (Å²) in [5.74, 6) is 0.000741. The van der Waals surface area contributed by atoms with Crippen molar-refractivity contribution < 1.29 is 9.53 Å². The molecule has 0 aliphatic rings. The Hall–Kier alpha value is -1.02. The van der Waals surface area contributed by atoms with Gasteiger partial charge in [-0.25, -0.2) is 0 Å². The molecular formula is C13H17ClO2. The second-order valence-corrected chi connectivity index (χ2v) is 5.10. The number of halogens is 1. The standard InChI is InChI=1S/C13H17ClO2/c1-9-7-10(16-12(15)8-14)5-6-11(9)13(2,3)4/h5-7H,8H2,1-4H3. The maximum absolute atomic E-state index is 11.0. The fourth-order valence-electron chi connectivity index (χ4n) is 1.70. The molecule has 0 heterocycles. The molecule has 16 heavy (non-hydrogen) atoms. The summed E-state index contributed by atoms with van der Waals surface area (Å²) < 4.78 is 5.04. The topological polar surface area (TPSA) is 26.3 Å². The highest BCUT2D eigenvalue weighted by Crippen LogP contribution is 2.28. The number of alkyl halides is 1. The quantitative estimate of drug-likeness (QED) is 0.450. The molecule has 0 fully saturated rings. The van der Waals surface area contributed by atoms with E-state index in [9.17, 15) is 4.79 Å². The first-order valence-electron chi connectivity index (χ1n) is 5.22. The van der Waals surface area contributed by atoms with E-state index in [1.165, 1.54) is 5.56 Å². The van der Waals surface area contributed by atoms with Crippen molar-refractivity contribution in [1.82, 2.24) is 0 Å². The number of carbonyl (C=O) groups excluding carboxylic acids is 1. The third-order valence-electron chi connectivity index (χ3n) is 2.35. The molecule has 0 saturated heterocycles. The van der Waals surface area contributed by atoms with Crippen molar-refractivity contribution in [3.8, 4) is 5.75 Å². The predicted octanol–water partition coefficient (Wildman–Crippen LogP) is 3.44. The lowest BCUT2D eigenvalue weighted by Gasteiger charge is -2.21. The number of benzene rings is 1. The normalized spacial score (nSPS) is 11.3. The van der Waals surface area contributed by atoms with Crippen LogP contribution >= 0.6 is 11.6 Å². The Morgan fingerprint density at radius 3 is 2.44 bits per heavy atom. The summed E-state index contributed by atoms with van der Waals surface area (Å²) in [6.45, 7) is 8.47. The number of aryl methyl sites for hydroxylation is 1. The van der Waals surface area contributed by atoms with Gasteiger partial charge in [-0.15, -0.1) is 11.6 Å². The molecule has 88 valence electrons. The van der Waals surface area contributed by atoms with Gasteiger partial charge in [0.05, 0.1) is 0 Å². The maximum atomic E-state index is 11.0. The van der Waals surface area contributed by atoms with Gasteiger partial charge in [-0.1, -0.05) is 26.8 Å². The largest absolute Gasteiger partial charge is 0.426 e. The van der Waals surface area contributed by atoms with Crippen LogP contribution in [0.3, 0.4) is 0 Å². The van der Waals surface area contributed by atoms with Gasteiger partial charge in [0.25, 0.3) is 0 Å². The van der Waals surface area contributed by atoms with Gasteiger partial charge in [-0.3, -0.25) is 4.79 Å². The van der Waals surface area contributed by atoms with Crippen LogP contribution in [0.1, 0.15) is 31.9 Å². The fourth-order valence-corrected chi connectivity index (χ4v) is 1.75. The molecule has 0 N–H and O–H groups in total. The molecule has 3 heteroatoms. The predicted molar refractivity (Wildman–Crippen MR) is 66.2 cm³/mol. The highest BCUT2D eigenvalue weighted by atomic mass is 35.5. The minimum atomic E-state index is -0.426. The number of ether oxygens (including phenoxy) is 1. The van der Waals surface area contributed by atoms with E-state index in [1.54, 1.807) is 6.07 Å². The van der Waals surface area contributed by atoms with E-state index < -0.39 is 5.97 Å². The Kier molecular flexibility index (Phi) is 3.98. The van der Waals surface area contributed by atoms with Crippen LogP contribution in [0.2, 0.25) is 0 Å². The number of rotatable bonds is 2. The van der Waals surface area contributed by atoms with Crippen LogP contribution in [0.25, 0.3) is 0 Å². The van der Waals surface area contributed by atoms with Gasteiger partial charge in [-0.2, -0.15) is 0 Å². The zero-order valence-electron chi connectivity index (χ0n) is 10.1. The average molecular weight is 241 g/mol. The Balaban J connectivity index is 2.96. The zero-order valence-corrected chi connectivity index (χ0v) is 10.9. The summed E-state index contributed by atoms with van der Waals surface area (Å²) >= 11 is 5.37. The molecule has 0 bridgehead atoms. The van der Waals surface area contributed by atoms with Crippen LogP contribution in [0.5, 0.6) is 5.75 Å². The van der Waals surface area contributed by atoms with E-state index in [0.717, 1.165) is 5.56 Å². The monoisotopic (exact) mass is 240 g/mol. The molecule has 0 atom stereocenters. The van der Waals surface area contributed by atoms with E-state index in [-0.39, 0.29) is 11.3 Å². The molecule has 0 amide bonds. The van der Waals surface area contributed by atoms with Crippen molar-refractivity contribution in [2.75, 3.05) is 5.88 Å². The zero-order chi connectivity index (χ0) is 12.3. The highest BCUT2D eigenvalue weighted by molar-refractivity contribution is 6.26. The first-order chi connectivity index (χ1) is 7.34. The third kappa shape index (κ3) is 3.24. The molecule has 0 aliphatic carbocycles. The lowest BCUT2D eigenvalue weighted by Crippen LogP contribution is -2.14. The smallest absolute Gasteiger partial charge is 0.326 e. The molecule has 0 radical (unpaired) electrons. The molecular weight excluding hydrogens is 224 g/mol.